The number of hydrogen-bond acceptors (Lipinski definition) is 5. The summed E-state index contributed by atoms with van der Waals surface area (Å²) in [5.74, 6) is -0.252. The van der Waals surface area contributed by atoms with Crippen LogP contribution < -0.4 is 4.90 Å². The van der Waals surface area contributed by atoms with E-state index in [-0.39, 0.29) is 42.0 Å². The van der Waals surface area contributed by atoms with Gasteiger partial charge in [-0.2, -0.15) is 0 Å². The van der Waals surface area contributed by atoms with Crippen LogP contribution in [-0.2, 0) is 20.0 Å². The number of hydrogen-bond donors (Lipinski definition) is 1. The summed E-state index contributed by atoms with van der Waals surface area (Å²) in [6.07, 6.45) is 0. The first-order valence-electron chi connectivity index (χ1n) is 12.1. The van der Waals surface area contributed by atoms with Gasteiger partial charge >= 0.3 is 0 Å². The number of rotatable bonds is 6. The topological polar surface area (TPSA) is 96.3 Å². The Morgan fingerprint density at radius 2 is 1.14 bits per heavy atom. The lowest BCUT2D eigenvalue weighted by Crippen LogP contribution is -3.20. The van der Waals surface area contributed by atoms with Crippen LogP contribution in [0.25, 0.3) is 0 Å². The fourth-order valence-corrected chi connectivity index (χ4v) is 8.36. The van der Waals surface area contributed by atoms with Crippen molar-refractivity contribution in [1.29, 1.82) is 0 Å². The van der Waals surface area contributed by atoms with E-state index in [4.69, 9.17) is 0 Å². The highest BCUT2D eigenvalue weighted by atomic mass is 32.2. The van der Waals surface area contributed by atoms with Crippen molar-refractivity contribution in [2.45, 2.75) is 23.6 Å². The Morgan fingerprint density at radius 3 is 1.57 bits per heavy atom. The number of nitrogens with one attached hydrogen (secondary N) is 1. The lowest BCUT2D eigenvalue weighted by molar-refractivity contribution is -0.934. The van der Waals surface area contributed by atoms with Crippen molar-refractivity contribution in [3.05, 3.63) is 95.6 Å². The monoisotopic (exact) mass is 540 g/mol. The van der Waals surface area contributed by atoms with E-state index >= 15 is 0 Å². The van der Waals surface area contributed by atoms with Gasteiger partial charge in [-0.1, -0.05) is 65.7 Å². The third-order valence-corrected chi connectivity index (χ3v) is 10.8. The third kappa shape index (κ3) is 4.75. The molecule has 2 heterocycles. The van der Waals surface area contributed by atoms with Gasteiger partial charge in [-0.3, -0.25) is 4.79 Å². The number of benzene rings is 3. The Bertz CT molecular complexity index is 1430. The molecule has 5 rings (SSSR count). The van der Waals surface area contributed by atoms with Crippen LogP contribution in [-0.4, -0.2) is 64.2 Å². The van der Waals surface area contributed by atoms with Gasteiger partial charge in [0, 0.05) is 18.7 Å². The SMILES string of the molecule is Cc1ccc(S(=O)(=O)N2C[NH+]3CN(S(=O)(=O)c4ccc(C)cc4)CC(C(=O)c4ccccc4)(C2)C3)cc1. The molecule has 0 amide bonds. The van der Waals surface area contributed by atoms with E-state index in [1.165, 1.54) is 8.61 Å². The van der Waals surface area contributed by atoms with Crippen molar-refractivity contribution in [1.82, 2.24) is 8.61 Å². The number of aryl methyl sites for hydroxylation is 2. The van der Waals surface area contributed by atoms with Crippen molar-refractivity contribution in [3.63, 3.8) is 0 Å². The van der Waals surface area contributed by atoms with Crippen LogP contribution in [0.1, 0.15) is 21.5 Å². The van der Waals surface area contributed by atoms with Crippen LogP contribution in [0, 0.1) is 19.3 Å². The van der Waals surface area contributed by atoms with Crippen LogP contribution in [0.15, 0.2) is 88.7 Å². The predicted molar refractivity (Wildman–Crippen MR) is 139 cm³/mol. The number of Topliss-reactive ketones (excluding diaryl/α,β-unsaturated/α-hetero) is 1. The summed E-state index contributed by atoms with van der Waals surface area (Å²) in [5, 5.41) is 0. The second-order valence-electron chi connectivity index (χ2n) is 10.1. The fourth-order valence-electron chi connectivity index (χ4n) is 5.27. The van der Waals surface area contributed by atoms with E-state index in [9.17, 15) is 21.6 Å². The standard InChI is InChI=1S/C27H29N3O5S2/c1-21-8-12-24(13-9-21)36(32,33)29-17-27(26(31)23-6-4-3-5-7-23)16-28(19-29)20-30(18-27)37(34,35)25-14-10-22(2)11-15-25/h3-15H,16-20H2,1-2H3/p+1. The maximum Gasteiger partial charge on any atom is 0.247 e. The Balaban J connectivity index is 1.55. The zero-order chi connectivity index (χ0) is 26.4. The quantitative estimate of drug-likeness (QED) is 0.480. The molecule has 0 aromatic heterocycles. The maximum atomic E-state index is 14.0. The summed E-state index contributed by atoms with van der Waals surface area (Å²) in [4.78, 5) is 15.0. The van der Waals surface area contributed by atoms with Crippen LogP contribution in [0.2, 0.25) is 0 Å². The summed E-state index contributed by atoms with van der Waals surface area (Å²) in [6.45, 7) is 4.06. The number of nitrogens with zero attached hydrogens (tertiary/aromatic N) is 2. The zero-order valence-corrected chi connectivity index (χ0v) is 22.4. The van der Waals surface area contributed by atoms with E-state index < -0.39 is 25.5 Å². The number of carbonyl (C=O) groups is 1. The second-order valence-corrected chi connectivity index (χ2v) is 14.0. The van der Waals surface area contributed by atoms with Crippen molar-refractivity contribution >= 4 is 25.8 Å². The first kappa shape index (κ1) is 25.7. The van der Waals surface area contributed by atoms with Crippen LogP contribution in [0.4, 0.5) is 0 Å². The minimum Gasteiger partial charge on any atom is -0.307 e. The van der Waals surface area contributed by atoms with Gasteiger partial charge in [-0.25, -0.2) is 16.8 Å². The lowest BCUT2D eigenvalue weighted by Gasteiger charge is -2.49. The van der Waals surface area contributed by atoms with Gasteiger partial charge in [0.15, 0.2) is 5.78 Å². The highest BCUT2D eigenvalue weighted by Gasteiger charge is 2.56. The average Bonchev–Trinajstić information content (AvgIpc) is 2.88. The van der Waals surface area contributed by atoms with Gasteiger partial charge < -0.3 is 4.90 Å². The molecule has 0 spiro atoms. The van der Waals surface area contributed by atoms with Crippen LogP contribution >= 0.6 is 0 Å². The largest absolute Gasteiger partial charge is 0.307 e. The van der Waals surface area contributed by atoms with Gasteiger partial charge in [-0.05, 0) is 38.1 Å². The van der Waals surface area contributed by atoms with E-state index in [0.717, 1.165) is 11.1 Å². The highest BCUT2D eigenvalue weighted by Crippen LogP contribution is 2.33. The van der Waals surface area contributed by atoms with Crippen molar-refractivity contribution in [2.75, 3.05) is 33.0 Å². The predicted octanol–water partition coefficient (Wildman–Crippen LogP) is 1.68. The Hall–Kier alpha value is -2.89. The molecule has 2 aliphatic heterocycles. The molecule has 3 aromatic rings. The Morgan fingerprint density at radius 1 is 0.703 bits per heavy atom. The molecular formula is C27H30N3O5S2+. The van der Waals surface area contributed by atoms with E-state index in [0.29, 0.717) is 17.0 Å². The minimum absolute atomic E-state index is 0.0694. The molecule has 2 saturated heterocycles. The molecule has 0 radical (unpaired) electrons. The Labute approximate surface area is 218 Å². The number of fused-ring (bicyclic) bond motifs is 2. The molecule has 1 N–H and O–H groups in total. The smallest absolute Gasteiger partial charge is 0.247 e. The third-order valence-electron chi connectivity index (χ3n) is 7.18. The second kappa shape index (κ2) is 9.45. The molecular weight excluding hydrogens is 510 g/mol. The Kier molecular flexibility index (Phi) is 6.57. The van der Waals surface area contributed by atoms with Gasteiger partial charge in [0.05, 0.1) is 16.3 Å². The van der Waals surface area contributed by atoms with Gasteiger partial charge in [-0.15, -0.1) is 8.61 Å². The highest BCUT2D eigenvalue weighted by molar-refractivity contribution is 7.89. The molecule has 8 nitrogen and oxygen atoms in total. The number of carbonyl (C=O) groups excluding carboxylic acids is 1. The summed E-state index contributed by atoms with van der Waals surface area (Å²) in [7, 11) is -7.78. The van der Waals surface area contributed by atoms with E-state index in [2.05, 4.69) is 0 Å². The first-order chi connectivity index (χ1) is 17.5. The number of quaternary nitrogens is 1. The normalized spacial score (nSPS) is 23.0. The number of ketones is 1. The molecule has 2 aliphatic rings. The molecule has 0 saturated carbocycles. The molecule has 0 atom stereocenters. The minimum atomic E-state index is -3.89. The summed E-state index contributed by atoms with van der Waals surface area (Å²) < 4.78 is 57.2. The fraction of sp³-hybridized carbons (Fsp3) is 0.296. The van der Waals surface area contributed by atoms with E-state index in [1.54, 1.807) is 78.9 Å². The number of sulfonamides is 2. The first-order valence-corrected chi connectivity index (χ1v) is 15.0. The van der Waals surface area contributed by atoms with Gasteiger partial charge in [0.25, 0.3) is 0 Å². The zero-order valence-electron chi connectivity index (χ0n) is 20.8. The van der Waals surface area contributed by atoms with Gasteiger partial charge in [0.1, 0.15) is 18.8 Å². The molecule has 0 aliphatic carbocycles. The molecule has 2 bridgehead atoms. The summed E-state index contributed by atoms with van der Waals surface area (Å²) >= 11 is 0. The van der Waals surface area contributed by atoms with Crippen molar-refractivity contribution in [3.8, 4) is 0 Å². The van der Waals surface area contributed by atoms with Crippen molar-refractivity contribution in [2.24, 2.45) is 5.41 Å². The molecule has 0 unspecified atom stereocenters. The average molecular weight is 541 g/mol. The summed E-state index contributed by atoms with van der Waals surface area (Å²) in [5.41, 5.74) is 1.09. The van der Waals surface area contributed by atoms with Crippen LogP contribution in [0.3, 0.4) is 0 Å². The lowest BCUT2D eigenvalue weighted by atomic mass is 9.77. The van der Waals surface area contributed by atoms with E-state index in [1.807, 2.05) is 13.8 Å². The van der Waals surface area contributed by atoms with Crippen LogP contribution in [0.5, 0.6) is 0 Å². The molecule has 2 fully saturated rings. The summed E-state index contributed by atoms with van der Waals surface area (Å²) in [6, 6.07) is 21.9. The van der Waals surface area contributed by atoms with Gasteiger partial charge in [0.2, 0.25) is 20.0 Å². The molecule has 37 heavy (non-hydrogen) atoms. The molecule has 194 valence electrons. The van der Waals surface area contributed by atoms with Crippen molar-refractivity contribution < 1.29 is 26.5 Å². The maximum absolute atomic E-state index is 14.0. The molecule has 3 aromatic carbocycles. The molecule has 10 heteroatoms.